The van der Waals surface area contributed by atoms with Crippen LogP contribution in [0.5, 0.6) is 5.75 Å². The molecule has 2 aromatic carbocycles. The zero-order valence-corrected chi connectivity index (χ0v) is 18.3. The van der Waals surface area contributed by atoms with E-state index in [9.17, 15) is 14.0 Å². The van der Waals surface area contributed by atoms with Crippen LogP contribution in [0.2, 0.25) is 0 Å². The predicted octanol–water partition coefficient (Wildman–Crippen LogP) is 5.63. The molecule has 0 saturated heterocycles. The van der Waals surface area contributed by atoms with Crippen LogP contribution in [-0.4, -0.2) is 23.3 Å². The van der Waals surface area contributed by atoms with Gasteiger partial charge in [0.15, 0.2) is 10.9 Å². The summed E-state index contributed by atoms with van der Waals surface area (Å²) in [7, 11) is 0. The van der Waals surface area contributed by atoms with Gasteiger partial charge in [-0.05, 0) is 55.3 Å². The predicted molar refractivity (Wildman–Crippen MR) is 120 cm³/mol. The van der Waals surface area contributed by atoms with Crippen molar-refractivity contribution in [2.75, 3.05) is 11.5 Å². The molecule has 31 heavy (non-hydrogen) atoms. The van der Waals surface area contributed by atoms with Crippen LogP contribution in [0.25, 0.3) is 6.08 Å². The van der Waals surface area contributed by atoms with Crippen LogP contribution in [0.4, 0.5) is 15.2 Å². The molecule has 0 fully saturated rings. The fourth-order valence-corrected chi connectivity index (χ4v) is 4.35. The summed E-state index contributed by atoms with van der Waals surface area (Å²) in [5.74, 6) is -0.532. The zero-order valence-electron chi connectivity index (χ0n) is 17.4. The van der Waals surface area contributed by atoms with Gasteiger partial charge in [-0.25, -0.2) is 9.37 Å². The quantitative estimate of drug-likeness (QED) is 0.499. The van der Waals surface area contributed by atoms with Crippen LogP contribution in [0.15, 0.2) is 47.4 Å². The number of aryl methyl sites for hydroxylation is 1. The summed E-state index contributed by atoms with van der Waals surface area (Å²) in [6, 6.07) is 9.74. The Hall–Kier alpha value is -3.32. The minimum absolute atomic E-state index is 0.148. The number of hydrogen-bond donors (Lipinski definition) is 0. The summed E-state index contributed by atoms with van der Waals surface area (Å²) in [6.07, 6.45) is 2.07. The average molecular weight is 437 g/mol. The summed E-state index contributed by atoms with van der Waals surface area (Å²) in [5, 5.41) is 2.33. The van der Waals surface area contributed by atoms with Gasteiger partial charge in [0.2, 0.25) is 5.91 Å². The van der Waals surface area contributed by atoms with Gasteiger partial charge >= 0.3 is 0 Å². The van der Waals surface area contributed by atoms with E-state index in [-0.39, 0.29) is 17.3 Å². The van der Waals surface area contributed by atoms with E-state index in [2.05, 4.69) is 4.98 Å². The number of Topliss-reactive ketones (excluding diaryl/α,β-unsaturated/α-hetero) is 1. The monoisotopic (exact) mass is 436 g/mol. The number of anilines is 2. The number of thiazole rings is 1. The Morgan fingerprint density at radius 3 is 2.84 bits per heavy atom. The maximum Gasteiger partial charge on any atom is 0.230 e. The van der Waals surface area contributed by atoms with E-state index in [0.717, 1.165) is 16.8 Å². The third-order valence-electron chi connectivity index (χ3n) is 5.26. The van der Waals surface area contributed by atoms with E-state index in [1.54, 1.807) is 16.4 Å². The molecule has 4 rings (SSSR count). The molecule has 0 saturated carbocycles. The molecular formula is C24H21FN2O3S. The van der Waals surface area contributed by atoms with Gasteiger partial charge in [0.1, 0.15) is 11.6 Å². The summed E-state index contributed by atoms with van der Waals surface area (Å²) < 4.78 is 19.3. The Labute approximate surface area is 183 Å². The van der Waals surface area contributed by atoms with Crippen LogP contribution in [0, 0.1) is 19.7 Å². The number of carbonyl (C=O) groups excluding carboxylic acids is 2. The molecule has 1 aliphatic rings. The number of carbonyl (C=O) groups is 2. The van der Waals surface area contributed by atoms with Crippen LogP contribution >= 0.6 is 11.3 Å². The van der Waals surface area contributed by atoms with Crippen molar-refractivity contribution in [1.82, 2.24) is 4.98 Å². The SMILES string of the molecule is CC(=O)N(c1nc(C=C2CCOc3ccc(F)cc3C2=O)cs1)c1cccc(C)c1C. The second kappa shape index (κ2) is 8.43. The molecular weight excluding hydrogens is 415 g/mol. The van der Waals surface area contributed by atoms with Crippen molar-refractivity contribution < 1.29 is 18.7 Å². The Balaban J connectivity index is 1.69. The first-order valence-corrected chi connectivity index (χ1v) is 10.7. The average Bonchev–Trinajstić information content (AvgIpc) is 3.12. The lowest BCUT2D eigenvalue weighted by Crippen LogP contribution is -2.23. The minimum Gasteiger partial charge on any atom is -0.492 e. The first-order chi connectivity index (χ1) is 14.8. The Morgan fingerprint density at radius 1 is 1.26 bits per heavy atom. The molecule has 0 spiro atoms. The lowest BCUT2D eigenvalue weighted by molar-refractivity contribution is -0.115. The summed E-state index contributed by atoms with van der Waals surface area (Å²) in [4.78, 5) is 31.6. The van der Waals surface area contributed by atoms with E-state index in [4.69, 9.17) is 4.74 Å². The van der Waals surface area contributed by atoms with E-state index in [1.807, 2.05) is 32.0 Å². The number of fused-ring (bicyclic) bond motifs is 1. The lowest BCUT2D eigenvalue weighted by Gasteiger charge is -2.21. The molecule has 3 aromatic rings. The van der Waals surface area contributed by atoms with Crippen LogP contribution in [-0.2, 0) is 4.79 Å². The fraction of sp³-hybridized carbons (Fsp3) is 0.208. The number of benzene rings is 2. The number of rotatable bonds is 3. The highest BCUT2D eigenvalue weighted by molar-refractivity contribution is 7.14. The van der Waals surface area contributed by atoms with Gasteiger partial charge in [-0.2, -0.15) is 0 Å². The third-order valence-corrected chi connectivity index (χ3v) is 6.11. The van der Waals surface area contributed by atoms with Gasteiger partial charge < -0.3 is 4.74 Å². The summed E-state index contributed by atoms with van der Waals surface area (Å²) >= 11 is 1.33. The van der Waals surface area contributed by atoms with Crippen molar-refractivity contribution >= 4 is 39.9 Å². The van der Waals surface area contributed by atoms with Crippen LogP contribution in [0.1, 0.15) is 40.5 Å². The topological polar surface area (TPSA) is 59.5 Å². The highest BCUT2D eigenvalue weighted by atomic mass is 32.1. The molecule has 5 nitrogen and oxygen atoms in total. The van der Waals surface area contributed by atoms with Gasteiger partial charge in [-0.15, -0.1) is 11.3 Å². The summed E-state index contributed by atoms with van der Waals surface area (Å²) in [6.45, 7) is 5.78. The van der Waals surface area contributed by atoms with Gasteiger partial charge in [-0.1, -0.05) is 12.1 Å². The van der Waals surface area contributed by atoms with E-state index in [0.29, 0.717) is 35.2 Å². The standard InChI is InChI=1S/C24H21FN2O3S/c1-14-5-4-6-21(15(14)2)27(16(3)28)24-26-19(13-31-24)11-17-9-10-30-22-8-7-18(25)12-20(22)23(17)29/h4-8,11-13H,9-10H2,1-3H3. The highest BCUT2D eigenvalue weighted by Gasteiger charge is 2.23. The molecule has 0 atom stereocenters. The molecule has 0 unspecified atom stereocenters. The molecule has 0 aliphatic carbocycles. The smallest absolute Gasteiger partial charge is 0.230 e. The van der Waals surface area contributed by atoms with Crippen molar-refractivity contribution in [3.05, 3.63) is 75.6 Å². The van der Waals surface area contributed by atoms with Gasteiger partial charge in [0.05, 0.1) is 23.6 Å². The van der Waals surface area contributed by atoms with Crippen molar-refractivity contribution in [3.8, 4) is 5.75 Å². The van der Waals surface area contributed by atoms with Gasteiger partial charge in [0.25, 0.3) is 0 Å². The number of halogens is 1. The lowest BCUT2D eigenvalue weighted by atomic mass is 10.0. The second-order valence-corrected chi connectivity index (χ2v) is 8.20. The molecule has 1 amide bonds. The van der Waals surface area contributed by atoms with E-state index in [1.165, 1.54) is 36.5 Å². The van der Waals surface area contributed by atoms with Crippen molar-refractivity contribution in [2.45, 2.75) is 27.2 Å². The first kappa shape index (κ1) is 20.9. The number of aromatic nitrogens is 1. The van der Waals surface area contributed by atoms with Gasteiger partial charge in [0, 0.05) is 24.3 Å². The molecule has 0 bridgehead atoms. The summed E-state index contributed by atoms with van der Waals surface area (Å²) in [5.41, 5.74) is 4.13. The van der Waals surface area contributed by atoms with Gasteiger partial charge in [-0.3, -0.25) is 14.5 Å². The number of nitrogens with zero attached hydrogens (tertiary/aromatic N) is 2. The highest BCUT2D eigenvalue weighted by Crippen LogP contribution is 2.34. The maximum atomic E-state index is 13.7. The molecule has 0 N–H and O–H groups in total. The first-order valence-electron chi connectivity index (χ1n) is 9.85. The molecule has 2 heterocycles. The Kier molecular flexibility index (Phi) is 5.69. The van der Waals surface area contributed by atoms with E-state index >= 15 is 0 Å². The van der Waals surface area contributed by atoms with E-state index < -0.39 is 5.82 Å². The molecule has 0 radical (unpaired) electrons. The fourth-order valence-electron chi connectivity index (χ4n) is 3.51. The maximum absolute atomic E-state index is 13.7. The molecule has 1 aromatic heterocycles. The third kappa shape index (κ3) is 4.14. The van der Waals surface area contributed by atoms with Crippen molar-refractivity contribution in [3.63, 3.8) is 0 Å². The largest absolute Gasteiger partial charge is 0.492 e. The number of ketones is 1. The number of amides is 1. The number of ether oxygens (including phenoxy) is 1. The minimum atomic E-state index is -0.487. The molecule has 158 valence electrons. The normalized spacial score (nSPS) is 14.7. The molecule has 1 aliphatic heterocycles. The second-order valence-electron chi connectivity index (χ2n) is 7.37. The zero-order chi connectivity index (χ0) is 22.1. The molecule has 7 heteroatoms. The van der Waals surface area contributed by atoms with Crippen molar-refractivity contribution in [2.24, 2.45) is 0 Å². The Bertz CT molecular complexity index is 1220. The number of hydrogen-bond acceptors (Lipinski definition) is 5. The van der Waals surface area contributed by atoms with Crippen LogP contribution in [0.3, 0.4) is 0 Å². The Morgan fingerprint density at radius 2 is 2.06 bits per heavy atom. The van der Waals surface area contributed by atoms with Crippen molar-refractivity contribution in [1.29, 1.82) is 0 Å². The van der Waals surface area contributed by atoms with Crippen LogP contribution < -0.4 is 9.64 Å².